The Kier molecular flexibility index (Phi) is 4.18. The average molecular weight is 302 g/mol. The Hall–Kier alpha value is -1.51. The van der Waals surface area contributed by atoms with Crippen LogP contribution in [-0.2, 0) is 12.8 Å². The maximum Gasteiger partial charge on any atom is 0.119 e. The molecule has 1 aliphatic rings. The second kappa shape index (κ2) is 6.08. The number of hydrogen-bond donors (Lipinski definition) is 1. The van der Waals surface area contributed by atoms with Crippen molar-refractivity contribution in [2.75, 3.05) is 7.11 Å². The highest BCUT2D eigenvalue weighted by molar-refractivity contribution is 6.30. The third kappa shape index (κ3) is 3.22. The van der Waals surface area contributed by atoms with Crippen molar-refractivity contribution in [3.63, 3.8) is 0 Å². The first-order chi connectivity index (χ1) is 10.2. The van der Waals surface area contributed by atoms with Crippen LogP contribution in [0.3, 0.4) is 0 Å². The number of ether oxygens (including phenoxy) is 1. The molecule has 3 rings (SSSR count). The van der Waals surface area contributed by atoms with Crippen molar-refractivity contribution in [2.45, 2.75) is 31.8 Å². The Balaban J connectivity index is 1.68. The number of hydrogen-bond acceptors (Lipinski definition) is 2. The van der Waals surface area contributed by atoms with E-state index in [0.717, 1.165) is 23.6 Å². The van der Waals surface area contributed by atoms with Gasteiger partial charge in [0.2, 0.25) is 0 Å². The smallest absolute Gasteiger partial charge is 0.119 e. The maximum absolute atomic E-state index is 6.07. The molecule has 1 unspecified atom stereocenters. The van der Waals surface area contributed by atoms with Crippen molar-refractivity contribution >= 4 is 11.6 Å². The summed E-state index contributed by atoms with van der Waals surface area (Å²) in [6, 6.07) is 15.2. The summed E-state index contributed by atoms with van der Waals surface area (Å²) in [4.78, 5) is 0. The maximum atomic E-state index is 6.07. The number of benzene rings is 2. The predicted octanol–water partition coefficient (Wildman–Crippen LogP) is 4.17. The minimum atomic E-state index is 0.301. The van der Waals surface area contributed by atoms with Gasteiger partial charge in [-0.05, 0) is 60.7 Å². The van der Waals surface area contributed by atoms with Gasteiger partial charge in [0.25, 0.3) is 0 Å². The molecule has 0 aromatic heterocycles. The third-order valence-electron chi connectivity index (χ3n) is 4.18. The zero-order valence-electron chi connectivity index (χ0n) is 12.4. The van der Waals surface area contributed by atoms with Gasteiger partial charge in [-0.1, -0.05) is 29.8 Å². The van der Waals surface area contributed by atoms with Gasteiger partial charge in [0.05, 0.1) is 7.11 Å². The van der Waals surface area contributed by atoms with Crippen molar-refractivity contribution in [3.8, 4) is 5.75 Å². The lowest BCUT2D eigenvalue weighted by molar-refractivity contribution is 0.411. The lowest BCUT2D eigenvalue weighted by Gasteiger charge is -2.20. The van der Waals surface area contributed by atoms with Crippen molar-refractivity contribution in [2.24, 2.45) is 0 Å². The monoisotopic (exact) mass is 301 g/mol. The molecule has 110 valence electrons. The molecule has 0 radical (unpaired) electrons. The molecular formula is C18H20ClNO. The number of fused-ring (bicyclic) bond motifs is 1. The molecule has 0 aliphatic heterocycles. The predicted molar refractivity (Wildman–Crippen MR) is 87.2 cm³/mol. The first-order valence-corrected chi connectivity index (χ1v) is 7.71. The van der Waals surface area contributed by atoms with Crippen molar-refractivity contribution in [1.29, 1.82) is 0 Å². The molecule has 0 saturated carbocycles. The molecule has 2 nitrogen and oxygen atoms in total. The van der Waals surface area contributed by atoms with E-state index in [0.29, 0.717) is 12.1 Å². The second-order valence-electron chi connectivity index (χ2n) is 5.68. The first-order valence-electron chi connectivity index (χ1n) is 7.33. The van der Waals surface area contributed by atoms with Gasteiger partial charge >= 0.3 is 0 Å². The van der Waals surface area contributed by atoms with Crippen LogP contribution in [0.25, 0.3) is 0 Å². The summed E-state index contributed by atoms with van der Waals surface area (Å²) in [5, 5.41) is 4.54. The van der Waals surface area contributed by atoms with Crippen LogP contribution >= 0.6 is 11.6 Å². The van der Waals surface area contributed by atoms with E-state index in [4.69, 9.17) is 16.3 Å². The highest BCUT2D eigenvalue weighted by atomic mass is 35.5. The van der Waals surface area contributed by atoms with Crippen LogP contribution in [0.2, 0.25) is 5.02 Å². The minimum Gasteiger partial charge on any atom is -0.497 e. The third-order valence-corrected chi connectivity index (χ3v) is 4.42. The quantitative estimate of drug-likeness (QED) is 0.915. The van der Waals surface area contributed by atoms with Crippen LogP contribution in [0.4, 0.5) is 0 Å². The molecule has 0 saturated heterocycles. The Bertz CT molecular complexity index is 641. The molecule has 3 heteroatoms. The fourth-order valence-electron chi connectivity index (χ4n) is 3.07. The van der Waals surface area contributed by atoms with Gasteiger partial charge in [-0.15, -0.1) is 0 Å². The summed E-state index contributed by atoms with van der Waals surface area (Å²) in [6.45, 7) is 2.20. The Labute approximate surface area is 131 Å². The fourth-order valence-corrected chi connectivity index (χ4v) is 3.26. The zero-order chi connectivity index (χ0) is 14.8. The van der Waals surface area contributed by atoms with Gasteiger partial charge < -0.3 is 10.1 Å². The molecule has 2 aromatic carbocycles. The number of halogens is 1. The molecule has 2 aromatic rings. The van der Waals surface area contributed by atoms with Gasteiger partial charge in [0.15, 0.2) is 0 Å². The SMILES string of the molecule is COc1cccc([C@@H](C)NC2Cc3ccc(Cl)cc3C2)c1. The van der Waals surface area contributed by atoms with E-state index < -0.39 is 0 Å². The molecule has 2 atom stereocenters. The van der Waals surface area contributed by atoms with Gasteiger partial charge in [0.1, 0.15) is 5.75 Å². The Morgan fingerprint density at radius 3 is 2.76 bits per heavy atom. The number of nitrogens with one attached hydrogen (secondary N) is 1. The van der Waals surface area contributed by atoms with E-state index in [9.17, 15) is 0 Å². The zero-order valence-corrected chi connectivity index (χ0v) is 13.2. The minimum absolute atomic E-state index is 0.301. The average Bonchev–Trinajstić information content (AvgIpc) is 2.88. The number of methoxy groups -OCH3 is 1. The summed E-state index contributed by atoms with van der Waals surface area (Å²) in [6.07, 6.45) is 2.12. The van der Waals surface area contributed by atoms with Crippen molar-refractivity contribution in [3.05, 3.63) is 64.2 Å². The van der Waals surface area contributed by atoms with E-state index in [1.165, 1.54) is 16.7 Å². The van der Waals surface area contributed by atoms with Gasteiger partial charge in [-0.25, -0.2) is 0 Å². The molecule has 0 amide bonds. The normalized spacial score (nSPS) is 18.3. The molecule has 21 heavy (non-hydrogen) atoms. The molecule has 1 N–H and O–H groups in total. The van der Waals surface area contributed by atoms with E-state index in [1.807, 2.05) is 18.2 Å². The summed E-state index contributed by atoms with van der Waals surface area (Å²) >= 11 is 6.07. The van der Waals surface area contributed by atoms with Crippen LogP contribution in [0.5, 0.6) is 5.75 Å². The van der Waals surface area contributed by atoms with E-state index in [-0.39, 0.29) is 0 Å². The molecule has 0 bridgehead atoms. The molecule has 0 heterocycles. The molecule has 1 aliphatic carbocycles. The summed E-state index contributed by atoms with van der Waals surface area (Å²) in [7, 11) is 1.70. The van der Waals surface area contributed by atoms with Crippen LogP contribution < -0.4 is 10.1 Å². The van der Waals surface area contributed by atoms with Gasteiger partial charge in [0, 0.05) is 17.1 Å². The van der Waals surface area contributed by atoms with Crippen LogP contribution in [0, 0.1) is 0 Å². The molecule has 0 fully saturated rings. The van der Waals surface area contributed by atoms with Crippen LogP contribution in [0.15, 0.2) is 42.5 Å². The lowest BCUT2D eigenvalue weighted by Crippen LogP contribution is -2.32. The number of rotatable bonds is 4. The standard InChI is InChI=1S/C18H20ClNO/c1-12(13-4-3-5-18(11-13)21-2)20-17-9-14-6-7-16(19)8-15(14)10-17/h3-8,11-12,17,20H,9-10H2,1-2H3/t12-,17?/m1/s1. The Morgan fingerprint density at radius 1 is 1.14 bits per heavy atom. The van der Waals surface area contributed by atoms with Gasteiger partial charge in [-0.3, -0.25) is 0 Å². The van der Waals surface area contributed by atoms with E-state index in [2.05, 4.69) is 36.5 Å². The van der Waals surface area contributed by atoms with Crippen molar-refractivity contribution in [1.82, 2.24) is 5.32 Å². The van der Waals surface area contributed by atoms with Crippen LogP contribution in [0.1, 0.15) is 29.7 Å². The Morgan fingerprint density at radius 2 is 1.95 bits per heavy atom. The first kappa shape index (κ1) is 14.4. The fraction of sp³-hybridized carbons (Fsp3) is 0.333. The topological polar surface area (TPSA) is 21.3 Å². The van der Waals surface area contributed by atoms with Crippen molar-refractivity contribution < 1.29 is 4.74 Å². The van der Waals surface area contributed by atoms with E-state index >= 15 is 0 Å². The highest BCUT2D eigenvalue weighted by Crippen LogP contribution is 2.27. The molecular weight excluding hydrogens is 282 g/mol. The highest BCUT2D eigenvalue weighted by Gasteiger charge is 2.23. The van der Waals surface area contributed by atoms with Crippen LogP contribution in [-0.4, -0.2) is 13.2 Å². The summed E-state index contributed by atoms with van der Waals surface area (Å²) in [5.41, 5.74) is 4.04. The summed E-state index contributed by atoms with van der Waals surface area (Å²) in [5.74, 6) is 0.905. The second-order valence-corrected chi connectivity index (χ2v) is 6.12. The van der Waals surface area contributed by atoms with Gasteiger partial charge in [-0.2, -0.15) is 0 Å². The van der Waals surface area contributed by atoms with E-state index in [1.54, 1.807) is 7.11 Å². The summed E-state index contributed by atoms with van der Waals surface area (Å²) < 4.78 is 5.30. The largest absolute Gasteiger partial charge is 0.497 e. The molecule has 0 spiro atoms. The lowest BCUT2D eigenvalue weighted by atomic mass is 10.1.